The molecule has 0 aromatic carbocycles. The molecule has 120 valence electrons. The van der Waals surface area contributed by atoms with Crippen molar-refractivity contribution in [3.63, 3.8) is 0 Å². The first-order valence-corrected chi connectivity index (χ1v) is 8.14. The van der Waals surface area contributed by atoms with Gasteiger partial charge in [0.05, 0.1) is 12.9 Å². The lowest BCUT2D eigenvalue weighted by Crippen LogP contribution is -2.16. The van der Waals surface area contributed by atoms with Crippen LogP contribution in [0.25, 0.3) is 23.3 Å². The van der Waals surface area contributed by atoms with Gasteiger partial charge in [0.25, 0.3) is 0 Å². The topological polar surface area (TPSA) is 81.4 Å². The molecule has 8 heteroatoms. The number of pyridine rings is 1. The molecule has 0 unspecified atom stereocenters. The maximum atomic E-state index is 11.5. The Morgan fingerprint density at radius 2 is 2.17 bits per heavy atom. The first-order valence-electron chi connectivity index (χ1n) is 7.33. The van der Waals surface area contributed by atoms with Crippen molar-refractivity contribution in [1.82, 2.24) is 29.3 Å². The van der Waals surface area contributed by atoms with E-state index >= 15 is 0 Å². The van der Waals surface area contributed by atoms with Gasteiger partial charge < -0.3 is 4.57 Å². The molecular formula is C16H14N6OS. The number of aromatic amines is 1. The number of imidazole rings is 1. The first kappa shape index (κ1) is 14.6. The first-order chi connectivity index (χ1) is 11.7. The zero-order valence-electron chi connectivity index (χ0n) is 12.9. The van der Waals surface area contributed by atoms with Gasteiger partial charge in [0.1, 0.15) is 11.8 Å². The van der Waals surface area contributed by atoms with Crippen molar-refractivity contribution in [2.24, 2.45) is 7.05 Å². The molecule has 0 aliphatic carbocycles. The predicted molar refractivity (Wildman–Crippen MR) is 93.7 cm³/mol. The molecule has 0 aliphatic rings. The molecule has 4 heterocycles. The second-order valence-corrected chi connectivity index (χ2v) is 6.59. The van der Waals surface area contributed by atoms with Gasteiger partial charge in [-0.25, -0.2) is 19.9 Å². The molecule has 0 saturated heterocycles. The average molecular weight is 338 g/mol. The summed E-state index contributed by atoms with van der Waals surface area (Å²) in [6.45, 7) is 0.523. The second-order valence-electron chi connectivity index (χ2n) is 5.39. The van der Waals surface area contributed by atoms with Gasteiger partial charge in [0, 0.05) is 23.0 Å². The lowest BCUT2D eigenvalue weighted by Gasteiger charge is -1.96. The van der Waals surface area contributed by atoms with E-state index in [-0.39, 0.29) is 5.69 Å². The normalized spacial score (nSPS) is 11.7. The number of thiophene rings is 1. The third kappa shape index (κ3) is 2.79. The molecule has 0 amide bonds. The third-order valence-corrected chi connectivity index (χ3v) is 4.67. The van der Waals surface area contributed by atoms with Crippen LogP contribution in [-0.2, 0) is 13.6 Å². The third-order valence-electron chi connectivity index (χ3n) is 3.64. The van der Waals surface area contributed by atoms with Gasteiger partial charge in [0.15, 0.2) is 5.65 Å². The van der Waals surface area contributed by atoms with Crippen molar-refractivity contribution in [1.29, 1.82) is 0 Å². The van der Waals surface area contributed by atoms with Crippen LogP contribution in [0, 0.1) is 0 Å². The molecule has 0 saturated carbocycles. The largest absolute Gasteiger partial charge is 0.343 e. The number of fused-ring (bicyclic) bond motifs is 1. The van der Waals surface area contributed by atoms with Gasteiger partial charge in [-0.15, -0.1) is 11.3 Å². The quantitative estimate of drug-likeness (QED) is 0.618. The van der Waals surface area contributed by atoms with E-state index in [1.165, 1.54) is 10.9 Å². The number of nitrogens with zero attached hydrogens (tertiary/aromatic N) is 5. The lowest BCUT2D eigenvalue weighted by atomic mass is 10.2. The van der Waals surface area contributed by atoms with Gasteiger partial charge >= 0.3 is 5.69 Å². The zero-order chi connectivity index (χ0) is 16.5. The van der Waals surface area contributed by atoms with Crippen LogP contribution < -0.4 is 5.69 Å². The van der Waals surface area contributed by atoms with E-state index in [9.17, 15) is 4.79 Å². The average Bonchev–Trinajstić information content (AvgIpc) is 3.29. The van der Waals surface area contributed by atoms with Gasteiger partial charge in [-0.1, -0.05) is 6.08 Å². The minimum atomic E-state index is -0.199. The van der Waals surface area contributed by atoms with Gasteiger partial charge in [-0.3, -0.25) is 4.57 Å². The molecule has 4 aromatic heterocycles. The van der Waals surface area contributed by atoms with Crippen LogP contribution in [0.1, 0.15) is 15.3 Å². The van der Waals surface area contributed by atoms with Crippen molar-refractivity contribution in [2.45, 2.75) is 6.54 Å². The SMILES string of the molecule is Cn1cnc2cc(/C=C/c3ccc(Cn4cn[nH]c4=O)s3)cnc21. The highest BCUT2D eigenvalue weighted by Gasteiger charge is 2.03. The smallest absolute Gasteiger partial charge is 0.318 e. The van der Waals surface area contributed by atoms with Crippen LogP contribution in [0.15, 0.2) is 41.8 Å². The summed E-state index contributed by atoms with van der Waals surface area (Å²) in [5.41, 5.74) is 2.55. The molecule has 0 atom stereocenters. The summed E-state index contributed by atoms with van der Waals surface area (Å²) in [5, 5.41) is 6.12. The van der Waals surface area contributed by atoms with E-state index < -0.39 is 0 Å². The molecule has 0 fully saturated rings. The van der Waals surface area contributed by atoms with Crippen LogP contribution >= 0.6 is 11.3 Å². The highest BCUT2D eigenvalue weighted by Crippen LogP contribution is 2.20. The number of hydrogen-bond acceptors (Lipinski definition) is 5. The Morgan fingerprint density at radius 3 is 3.00 bits per heavy atom. The monoisotopic (exact) mass is 338 g/mol. The Morgan fingerprint density at radius 1 is 1.25 bits per heavy atom. The molecule has 0 radical (unpaired) electrons. The van der Waals surface area contributed by atoms with E-state index in [1.807, 2.05) is 48.2 Å². The second kappa shape index (κ2) is 5.89. The van der Waals surface area contributed by atoms with E-state index in [4.69, 9.17) is 0 Å². The number of H-pyrrole nitrogens is 1. The summed E-state index contributed by atoms with van der Waals surface area (Å²) < 4.78 is 3.43. The Balaban J connectivity index is 1.53. The molecular weight excluding hydrogens is 324 g/mol. The Kier molecular flexibility index (Phi) is 3.58. The number of aryl methyl sites for hydroxylation is 1. The summed E-state index contributed by atoms with van der Waals surface area (Å²) >= 11 is 1.64. The summed E-state index contributed by atoms with van der Waals surface area (Å²) in [6, 6.07) is 6.07. The maximum Gasteiger partial charge on any atom is 0.343 e. The minimum Gasteiger partial charge on any atom is -0.318 e. The van der Waals surface area contributed by atoms with Gasteiger partial charge in [-0.2, -0.15) is 5.10 Å². The Labute approximate surface area is 140 Å². The molecule has 0 bridgehead atoms. The van der Waals surface area contributed by atoms with Crippen LogP contribution in [0.5, 0.6) is 0 Å². The van der Waals surface area contributed by atoms with Gasteiger partial charge in [-0.05, 0) is 29.8 Å². The number of nitrogens with one attached hydrogen (secondary N) is 1. The summed E-state index contributed by atoms with van der Waals surface area (Å²) in [6.07, 6.45) is 9.15. The van der Waals surface area contributed by atoms with Crippen LogP contribution in [0.2, 0.25) is 0 Å². The van der Waals surface area contributed by atoms with Crippen molar-refractivity contribution >= 4 is 34.7 Å². The van der Waals surface area contributed by atoms with Crippen molar-refractivity contribution in [3.05, 3.63) is 62.9 Å². The van der Waals surface area contributed by atoms with E-state index in [1.54, 1.807) is 17.7 Å². The number of hydrogen-bond donors (Lipinski definition) is 1. The van der Waals surface area contributed by atoms with Crippen molar-refractivity contribution in [3.8, 4) is 0 Å². The number of rotatable bonds is 4. The van der Waals surface area contributed by atoms with Crippen LogP contribution in [0.4, 0.5) is 0 Å². The summed E-state index contributed by atoms with van der Waals surface area (Å²) in [7, 11) is 1.93. The summed E-state index contributed by atoms with van der Waals surface area (Å²) in [5.74, 6) is 0. The fourth-order valence-electron chi connectivity index (χ4n) is 2.42. The van der Waals surface area contributed by atoms with Crippen LogP contribution in [0.3, 0.4) is 0 Å². The van der Waals surface area contributed by atoms with Gasteiger partial charge in [0.2, 0.25) is 0 Å². The standard InChI is InChI=1S/C16H14N6OS/c1-21-9-18-14-6-11(7-17-15(14)21)2-3-12-4-5-13(24-12)8-22-10-19-20-16(22)23/h2-7,9-10H,8H2,1H3,(H,20,23)/b3-2+. The molecule has 7 nitrogen and oxygen atoms in total. The maximum absolute atomic E-state index is 11.5. The Bertz CT molecular complexity index is 1080. The lowest BCUT2D eigenvalue weighted by molar-refractivity contribution is 0.772. The van der Waals surface area contributed by atoms with E-state index in [0.717, 1.165) is 26.5 Å². The highest BCUT2D eigenvalue weighted by atomic mass is 32.1. The fraction of sp³-hybridized carbons (Fsp3) is 0.125. The molecule has 0 spiro atoms. The highest BCUT2D eigenvalue weighted by molar-refractivity contribution is 7.12. The summed E-state index contributed by atoms with van der Waals surface area (Å²) in [4.78, 5) is 22.4. The van der Waals surface area contributed by atoms with E-state index in [2.05, 4.69) is 20.2 Å². The Hall–Kier alpha value is -3.00. The van der Waals surface area contributed by atoms with Crippen LogP contribution in [-0.4, -0.2) is 29.3 Å². The molecule has 0 aliphatic heterocycles. The predicted octanol–water partition coefficient (Wildman–Crippen LogP) is 2.13. The van der Waals surface area contributed by atoms with E-state index in [0.29, 0.717) is 6.54 Å². The molecule has 4 rings (SSSR count). The van der Waals surface area contributed by atoms with Crippen molar-refractivity contribution < 1.29 is 0 Å². The zero-order valence-corrected chi connectivity index (χ0v) is 13.7. The molecule has 4 aromatic rings. The molecule has 24 heavy (non-hydrogen) atoms. The fourth-order valence-corrected chi connectivity index (χ4v) is 3.34. The molecule has 1 N–H and O–H groups in total. The number of aromatic nitrogens is 6. The minimum absolute atomic E-state index is 0.199. The van der Waals surface area contributed by atoms with Crippen molar-refractivity contribution in [2.75, 3.05) is 0 Å².